The number of nitrogens with one attached hydrogen (secondary N) is 2. The van der Waals surface area contributed by atoms with Gasteiger partial charge in [0.1, 0.15) is 10.7 Å². The van der Waals surface area contributed by atoms with Crippen LogP contribution in [0, 0.1) is 5.82 Å². The normalized spacial score (nSPS) is 13.2. The lowest BCUT2D eigenvalue weighted by Crippen LogP contribution is -2.38. The maximum absolute atomic E-state index is 14.0. The van der Waals surface area contributed by atoms with Crippen molar-refractivity contribution in [3.8, 4) is 0 Å². The first-order valence-corrected chi connectivity index (χ1v) is 11.3. The average molecular weight is 511 g/mol. The second-order valence-corrected chi connectivity index (χ2v) is 9.45. The van der Waals surface area contributed by atoms with Gasteiger partial charge in [0.15, 0.2) is 0 Å². The van der Waals surface area contributed by atoms with Crippen molar-refractivity contribution >= 4 is 54.8 Å². The number of benzene rings is 3. The highest BCUT2D eigenvalue weighted by Crippen LogP contribution is 2.34. The number of fused-ring (bicyclic) bond motifs is 1. The first-order chi connectivity index (χ1) is 14.3. The summed E-state index contributed by atoms with van der Waals surface area (Å²) >= 11 is 9.21. The predicted octanol–water partition coefficient (Wildman–Crippen LogP) is 4.71. The van der Waals surface area contributed by atoms with Crippen LogP contribution < -0.4 is 15.2 Å². The summed E-state index contributed by atoms with van der Waals surface area (Å²) in [5.41, 5.74) is 3.96. The molecule has 0 atom stereocenters. The van der Waals surface area contributed by atoms with E-state index in [1.807, 2.05) is 0 Å². The third-order valence-corrected chi connectivity index (χ3v) is 7.51. The molecule has 3 aromatic carbocycles. The van der Waals surface area contributed by atoms with Crippen LogP contribution in [0.3, 0.4) is 0 Å². The molecule has 0 spiro atoms. The fourth-order valence-electron chi connectivity index (χ4n) is 3.10. The Bertz CT molecular complexity index is 1250. The first kappa shape index (κ1) is 20.8. The number of hydrogen-bond donors (Lipinski definition) is 2. The molecule has 0 bridgehead atoms. The van der Waals surface area contributed by atoms with Crippen molar-refractivity contribution < 1.29 is 17.6 Å². The molecule has 0 saturated heterocycles. The van der Waals surface area contributed by atoms with Crippen molar-refractivity contribution in [2.75, 3.05) is 9.73 Å². The van der Waals surface area contributed by atoms with E-state index in [2.05, 4.69) is 26.7 Å². The number of anilines is 2. The van der Waals surface area contributed by atoms with Gasteiger partial charge in [-0.05, 0) is 57.9 Å². The monoisotopic (exact) mass is 509 g/mol. The van der Waals surface area contributed by atoms with Gasteiger partial charge < -0.3 is 5.32 Å². The summed E-state index contributed by atoms with van der Waals surface area (Å²) in [6.45, 7) is 0.298. The van der Waals surface area contributed by atoms with Crippen LogP contribution in [0.25, 0.3) is 0 Å². The highest BCUT2D eigenvalue weighted by atomic mass is 79.9. The summed E-state index contributed by atoms with van der Waals surface area (Å²) in [5, 5.41) is 2.55. The lowest BCUT2D eigenvalue weighted by molar-refractivity contribution is 0.102. The highest BCUT2D eigenvalue weighted by molar-refractivity contribution is 9.10. The molecular weight excluding hydrogens is 497 g/mol. The van der Waals surface area contributed by atoms with E-state index in [4.69, 9.17) is 11.6 Å². The molecule has 0 aliphatic carbocycles. The molecule has 1 aliphatic rings. The summed E-state index contributed by atoms with van der Waals surface area (Å²) in [7, 11) is -3.91. The van der Waals surface area contributed by atoms with E-state index in [1.54, 1.807) is 30.3 Å². The molecule has 4 rings (SSSR count). The number of hydrazine groups is 1. The molecule has 1 heterocycles. The molecule has 2 N–H and O–H groups in total. The summed E-state index contributed by atoms with van der Waals surface area (Å²) in [6.07, 6.45) is 0. The van der Waals surface area contributed by atoms with Crippen molar-refractivity contribution in [1.82, 2.24) is 5.43 Å². The van der Waals surface area contributed by atoms with Crippen LogP contribution in [0.5, 0.6) is 0 Å². The molecule has 0 fully saturated rings. The Kier molecular flexibility index (Phi) is 5.54. The smallest absolute Gasteiger partial charge is 0.278 e. The number of rotatable bonds is 4. The largest absolute Gasteiger partial charge is 0.322 e. The Balaban J connectivity index is 1.67. The number of nitrogens with zero attached hydrogens (tertiary/aromatic N) is 1. The molecule has 10 heteroatoms. The lowest BCUT2D eigenvalue weighted by Gasteiger charge is -2.20. The number of amides is 1. The van der Waals surface area contributed by atoms with E-state index in [0.29, 0.717) is 22.4 Å². The van der Waals surface area contributed by atoms with Gasteiger partial charge in [-0.15, -0.1) is 0 Å². The van der Waals surface area contributed by atoms with Gasteiger partial charge in [0.2, 0.25) is 0 Å². The van der Waals surface area contributed by atoms with E-state index >= 15 is 0 Å². The quantitative estimate of drug-likeness (QED) is 0.533. The summed E-state index contributed by atoms with van der Waals surface area (Å²) in [5.74, 6) is -1.48. The topological polar surface area (TPSA) is 78.5 Å². The summed E-state index contributed by atoms with van der Waals surface area (Å²) in [6, 6.07) is 15.2. The van der Waals surface area contributed by atoms with Crippen molar-refractivity contribution in [2.24, 2.45) is 0 Å². The van der Waals surface area contributed by atoms with Gasteiger partial charge in [-0.25, -0.2) is 9.82 Å². The van der Waals surface area contributed by atoms with Gasteiger partial charge in [-0.3, -0.25) is 4.79 Å². The van der Waals surface area contributed by atoms with Gasteiger partial charge in [-0.1, -0.05) is 35.9 Å². The number of carbonyl (C=O) groups excluding carboxylic acids is 1. The molecule has 154 valence electrons. The molecule has 3 aromatic rings. The number of sulfonamides is 1. The van der Waals surface area contributed by atoms with Crippen LogP contribution in [-0.2, 0) is 16.6 Å². The van der Waals surface area contributed by atoms with Gasteiger partial charge >= 0.3 is 0 Å². The van der Waals surface area contributed by atoms with Crippen LogP contribution in [-0.4, -0.2) is 14.3 Å². The molecule has 0 unspecified atom stereocenters. The first-order valence-electron chi connectivity index (χ1n) is 8.70. The molecule has 0 aromatic heterocycles. The lowest BCUT2D eigenvalue weighted by atomic mass is 10.1. The molecule has 1 aliphatic heterocycles. The predicted molar refractivity (Wildman–Crippen MR) is 116 cm³/mol. The van der Waals surface area contributed by atoms with E-state index in [1.165, 1.54) is 24.3 Å². The fourth-order valence-corrected chi connectivity index (χ4v) is 5.67. The van der Waals surface area contributed by atoms with Crippen LogP contribution in [0.1, 0.15) is 15.9 Å². The van der Waals surface area contributed by atoms with Crippen LogP contribution >= 0.6 is 27.5 Å². The van der Waals surface area contributed by atoms with Gasteiger partial charge in [0, 0.05) is 16.7 Å². The zero-order valence-corrected chi connectivity index (χ0v) is 18.4. The Morgan fingerprint density at radius 3 is 2.63 bits per heavy atom. The molecule has 30 heavy (non-hydrogen) atoms. The Hall–Kier alpha value is -2.46. The van der Waals surface area contributed by atoms with Crippen molar-refractivity contribution in [3.05, 3.63) is 87.1 Å². The van der Waals surface area contributed by atoms with Gasteiger partial charge in [0.05, 0.1) is 16.3 Å². The van der Waals surface area contributed by atoms with E-state index in [-0.39, 0.29) is 15.5 Å². The Labute approximate surface area is 185 Å². The standard InChI is InChI=1S/C20H14BrClFN3O3S/c21-14-4-1-2-7-18(14)30(28,29)26-17-10-13(9-8-12(17)11-24-26)25-20(27)19-15(22)5-3-6-16(19)23/h1-10,24H,11H2,(H,25,27). The highest BCUT2D eigenvalue weighted by Gasteiger charge is 2.32. The third-order valence-electron chi connectivity index (χ3n) is 4.52. The molecule has 1 amide bonds. The van der Waals surface area contributed by atoms with E-state index < -0.39 is 21.7 Å². The molecular formula is C20H14BrClFN3O3S. The summed E-state index contributed by atoms with van der Waals surface area (Å²) in [4.78, 5) is 12.6. The van der Waals surface area contributed by atoms with Crippen LogP contribution in [0.15, 0.2) is 70.0 Å². The SMILES string of the molecule is O=C(Nc1ccc2c(c1)N(S(=O)(=O)c1ccccc1Br)NC2)c1c(F)cccc1Cl. The van der Waals surface area contributed by atoms with Crippen molar-refractivity contribution in [3.63, 3.8) is 0 Å². The Morgan fingerprint density at radius 2 is 1.90 bits per heavy atom. The van der Waals surface area contributed by atoms with Crippen LogP contribution in [0.4, 0.5) is 15.8 Å². The number of halogens is 3. The van der Waals surface area contributed by atoms with Crippen molar-refractivity contribution in [1.29, 1.82) is 0 Å². The fraction of sp³-hybridized carbons (Fsp3) is 0.0500. The van der Waals surface area contributed by atoms with Crippen molar-refractivity contribution in [2.45, 2.75) is 11.4 Å². The van der Waals surface area contributed by atoms with Gasteiger partial charge in [-0.2, -0.15) is 12.8 Å². The van der Waals surface area contributed by atoms with Crippen LogP contribution in [0.2, 0.25) is 5.02 Å². The minimum absolute atomic E-state index is 0.0199. The maximum atomic E-state index is 14.0. The second-order valence-electron chi connectivity index (χ2n) is 6.43. The zero-order valence-electron chi connectivity index (χ0n) is 15.2. The minimum atomic E-state index is -3.91. The van der Waals surface area contributed by atoms with Gasteiger partial charge in [0.25, 0.3) is 15.9 Å². The number of carbonyl (C=O) groups is 1. The third kappa shape index (κ3) is 3.69. The second kappa shape index (κ2) is 7.99. The molecule has 0 saturated carbocycles. The van der Waals surface area contributed by atoms with E-state index in [9.17, 15) is 17.6 Å². The number of hydrogen-bond acceptors (Lipinski definition) is 4. The summed E-state index contributed by atoms with van der Waals surface area (Å²) < 4.78 is 41.8. The molecule has 0 radical (unpaired) electrons. The minimum Gasteiger partial charge on any atom is -0.322 e. The zero-order chi connectivity index (χ0) is 21.5. The van der Waals surface area contributed by atoms with E-state index in [0.717, 1.165) is 16.0 Å². The maximum Gasteiger partial charge on any atom is 0.278 e. The Morgan fingerprint density at radius 1 is 1.13 bits per heavy atom. The molecule has 6 nitrogen and oxygen atoms in total. The average Bonchev–Trinajstić information content (AvgIpc) is 3.12.